The molecule has 1 saturated carbocycles. The Kier molecular flexibility index (Phi) is 8.00. The average molecular weight is 553 g/mol. The molecule has 1 aliphatic rings. The van der Waals surface area contributed by atoms with Crippen molar-refractivity contribution in [1.82, 2.24) is 15.2 Å². The van der Waals surface area contributed by atoms with E-state index in [1.54, 1.807) is 12.1 Å². The molecule has 0 bridgehead atoms. The molecular formula is C33H36N4O4. The van der Waals surface area contributed by atoms with E-state index in [0.717, 1.165) is 40.1 Å². The van der Waals surface area contributed by atoms with E-state index in [0.29, 0.717) is 36.2 Å². The van der Waals surface area contributed by atoms with Crippen LogP contribution in [0.1, 0.15) is 73.6 Å². The Bertz CT molecular complexity index is 1630. The van der Waals surface area contributed by atoms with Gasteiger partial charge in [-0.2, -0.15) is 5.26 Å². The molecule has 8 heteroatoms. The number of benzene rings is 3. The molecule has 212 valence electrons. The number of carbonyl (C=O) groups is 2. The number of nitrogens with zero attached hydrogens (tertiary/aromatic N) is 2. The summed E-state index contributed by atoms with van der Waals surface area (Å²) in [6.45, 7) is 5.60. The minimum atomic E-state index is -0.557. The van der Waals surface area contributed by atoms with Crippen molar-refractivity contribution in [2.75, 3.05) is 0 Å². The number of nitrogens with one attached hydrogen (secondary N) is 2. The van der Waals surface area contributed by atoms with Crippen molar-refractivity contribution in [2.24, 2.45) is 0 Å². The maximum absolute atomic E-state index is 13.9. The number of carbonyl (C=O) groups excluding carboxylic acids is 2. The van der Waals surface area contributed by atoms with Gasteiger partial charge in [-0.25, -0.2) is 4.79 Å². The van der Waals surface area contributed by atoms with Crippen LogP contribution in [0.5, 0.6) is 0 Å². The van der Waals surface area contributed by atoms with Gasteiger partial charge in [0.2, 0.25) is 0 Å². The lowest BCUT2D eigenvalue weighted by Crippen LogP contribution is -2.45. The first-order valence-corrected chi connectivity index (χ1v) is 14.1. The topological polar surface area (TPSA) is 116 Å². The highest BCUT2D eigenvalue weighted by atomic mass is 16.6. The smallest absolute Gasteiger partial charge is 0.407 e. The van der Waals surface area contributed by atoms with Crippen LogP contribution in [0.15, 0.2) is 60.7 Å². The molecule has 4 aromatic rings. The number of hydrogen-bond acceptors (Lipinski definition) is 5. The molecule has 0 aliphatic heterocycles. The van der Waals surface area contributed by atoms with Gasteiger partial charge in [0, 0.05) is 29.6 Å². The monoisotopic (exact) mass is 552 g/mol. The van der Waals surface area contributed by atoms with E-state index in [1.807, 2.05) is 55.7 Å². The lowest BCUT2D eigenvalue weighted by Gasteiger charge is -2.30. The van der Waals surface area contributed by atoms with Crippen molar-refractivity contribution >= 4 is 33.7 Å². The fourth-order valence-corrected chi connectivity index (χ4v) is 5.79. The van der Waals surface area contributed by atoms with Gasteiger partial charge < -0.3 is 25.0 Å². The Morgan fingerprint density at radius 1 is 0.976 bits per heavy atom. The minimum Gasteiger partial charge on any atom is -0.444 e. The van der Waals surface area contributed by atoms with Crippen LogP contribution in [0, 0.1) is 11.3 Å². The molecule has 3 aromatic carbocycles. The number of aliphatic hydroxyl groups excluding tert-OH is 1. The van der Waals surface area contributed by atoms with E-state index >= 15 is 0 Å². The predicted molar refractivity (Wildman–Crippen MR) is 159 cm³/mol. The molecule has 1 fully saturated rings. The van der Waals surface area contributed by atoms with Gasteiger partial charge in [0.25, 0.3) is 5.91 Å². The number of ether oxygens (including phenoxy) is 1. The summed E-state index contributed by atoms with van der Waals surface area (Å²) in [7, 11) is 0. The average Bonchev–Trinajstić information content (AvgIpc) is 3.25. The van der Waals surface area contributed by atoms with E-state index in [2.05, 4.69) is 34.9 Å². The van der Waals surface area contributed by atoms with E-state index in [9.17, 15) is 20.0 Å². The van der Waals surface area contributed by atoms with Crippen LogP contribution in [0.3, 0.4) is 0 Å². The van der Waals surface area contributed by atoms with Crippen LogP contribution in [0.4, 0.5) is 4.79 Å². The highest BCUT2D eigenvalue weighted by Gasteiger charge is 2.29. The molecule has 1 heterocycles. The minimum absolute atomic E-state index is 0.00628. The van der Waals surface area contributed by atoms with Gasteiger partial charge in [-0.05, 0) is 74.9 Å². The zero-order valence-corrected chi connectivity index (χ0v) is 23.7. The Morgan fingerprint density at radius 2 is 1.66 bits per heavy atom. The second-order valence-electron chi connectivity index (χ2n) is 11.7. The van der Waals surface area contributed by atoms with E-state index in [4.69, 9.17) is 4.74 Å². The number of aliphatic hydroxyl groups is 1. The molecule has 3 N–H and O–H groups in total. The molecule has 0 spiro atoms. The molecule has 5 rings (SSSR count). The molecular weight excluding hydrogens is 516 g/mol. The van der Waals surface area contributed by atoms with E-state index in [1.165, 1.54) is 0 Å². The van der Waals surface area contributed by atoms with Gasteiger partial charge in [-0.3, -0.25) is 4.79 Å². The first-order chi connectivity index (χ1) is 19.7. The van der Waals surface area contributed by atoms with Gasteiger partial charge >= 0.3 is 6.09 Å². The highest BCUT2D eigenvalue weighted by molar-refractivity contribution is 6.02. The SMILES string of the molecule is CC(C)(C)OC(=O)N[C@H]1CC[C@H](NC(=O)c2c(CO)c3ccc(C#N)cc3n2Cc2cccc3ccccc23)CC1. The summed E-state index contributed by atoms with van der Waals surface area (Å²) in [4.78, 5) is 26.1. The van der Waals surface area contributed by atoms with Gasteiger partial charge in [0.1, 0.15) is 11.3 Å². The zero-order valence-electron chi connectivity index (χ0n) is 23.7. The van der Waals surface area contributed by atoms with Crippen molar-refractivity contribution in [3.8, 4) is 6.07 Å². The molecule has 1 aliphatic carbocycles. The fraction of sp³-hybridized carbons (Fsp3) is 0.364. The fourth-order valence-electron chi connectivity index (χ4n) is 5.79. The van der Waals surface area contributed by atoms with Crippen LogP contribution in [0.2, 0.25) is 0 Å². The van der Waals surface area contributed by atoms with Crippen molar-refractivity contribution in [1.29, 1.82) is 5.26 Å². The number of nitriles is 1. The normalized spacial score (nSPS) is 17.2. The molecule has 2 amide bonds. The van der Waals surface area contributed by atoms with Crippen molar-refractivity contribution in [2.45, 2.75) is 77.3 Å². The number of fused-ring (bicyclic) bond motifs is 2. The first kappa shape index (κ1) is 28.2. The van der Waals surface area contributed by atoms with Crippen LogP contribution >= 0.6 is 0 Å². The Morgan fingerprint density at radius 3 is 2.34 bits per heavy atom. The number of rotatable bonds is 6. The summed E-state index contributed by atoms with van der Waals surface area (Å²) < 4.78 is 7.31. The summed E-state index contributed by atoms with van der Waals surface area (Å²) in [6.07, 6.45) is 2.45. The van der Waals surface area contributed by atoms with Gasteiger partial charge in [-0.15, -0.1) is 0 Å². The van der Waals surface area contributed by atoms with E-state index < -0.39 is 11.7 Å². The van der Waals surface area contributed by atoms with E-state index in [-0.39, 0.29) is 24.6 Å². The standard InChI is InChI=1S/C33H36N4O4/c1-33(2,3)41-32(40)36-25-14-12-24(13-15-25)35-31(39)30-28(20-38)27-16-11-21(18-34)17-29(27)37(30)19-23-9-6-8-22-7-4-5-10-26(22)23/h4-11,16-17,24-25,38H,12-15,19-20H2,1-3H3,(H,35,39)(H,36,40)/t24-,25-. The number of aromatic nitrogens is 1. The lowest BCUT2D eigenvalue weighted by molar-refractivity contribution is 0.0487. The van der Waals surface area contributed by atoms with Crippen molar-refractivity contribution in [3.63, 3.8) is 0 Å². The zero-order chi connectivity index (χ0) is 29.1. The summed E-state index contributed by atoms with van der Waals surface area (Å²) in [6, 6.07) is 21.6. The first-order valence-electron chi connectivity index (χ1n) is 14.1. The number of alkyl carbamates (subject to hydrolysis) is 1. The summed E-state index contributed by atoms with van der Waals surface area (Å²) >= 11 is 0. The predicted octanol–water partition coefficient (Wildman–Crippen LogP) is 5.77. The molecule has 8 nitrogen and oxygen atoms in total. The van der Waals surface area contributed by atoms with Gasteiger partial charge in [0.05, 0.1) is 23.8 Å². The Balaban J connectivity index is 1.42. The third-order valence-corrected chi connectivity index (χ3v) is 7.66. The second-order valence-corrected chi connectivity index (χ2v) is 11.7. The lowest BCUT2D eigenvalue weighted by atomic mass is 9.91. The maximum atomic E-state index is 13.9. The molecule has 0 saturated heterocycles. The summed E-state index contributed by atoms with van der Waals surface area (Å²) in [5.74, 6) is -0.257. The van der Waals surface area contributed by atoms with Crippen LogP contribution in [-0.4, -0.2) is 39.4 Å². The van der Waals surface area contributed by atoms with Gasteiger partial charge in [-0.1, -0.05) is 48.5 Å². The third-order valence-electron chi connectivity index (χ3n) is 7.66. The quantitative estimate of drug-likeness (QED) is 0.281. The molecule has 0 radical (unpaired) electrons. The third kappa shape index (κ3) is 6.21. The maximum Gasteiger partial charge on any atom is 0.407 e. The Hall–Kier alpha value is -4.35. The van der Waals surface area contributed by atoms with Crippen LogP contribution in [-0.2, 0) is 17.9 Å². The summed E-state index contributed by atoms with van der Waals surface area (Å²) in [5.41, 5.74) is 2.65. The van der Waals surface area contributed by atoms with Crippen molar-refractivity contribution in [3.05, 3.63) is 83.0 Å². The molecule has 0 unspecified atom stereocenters. The molecule has 41 heavy (non-hydrogen) atoms. The summed E-state index contributed by atoms with van der Waals surface area (Å²) in [5, 5.41) is 29.1. The van der Waals surface area contributed by atoms with Gasteiger partial charge in [0.15, 0.2) is 0 Å². The van der Waals surface area contributed by atoms with Crippen LogP contribution in [0.25, 0.3) is 21.7 Å². The van der Waals surface area contributed by atoms with Crippen molar-refractivity contribution < 1.29 is 19.4 Å². The highest BCUT2D eigenvalue weighted by Crippen LogP contribution is 2.31. The largest absolute Gasteiger partial charge is 0.444 e. The number of hydrogen-bond donors (Lipinski definition) is 3. The number of amides is 2. The second kappa shape index (κ2) is 11.6. The van der Waals surface area contributed by atoms with Crippen LogP contribution < -0.4 is 10.6 Å². The molecule has 1 aromatic heterocycles. The molecule has 0 atom stereocenters. The Labute approximate surface area is 239 Å².